The summed E-state index contributed by atoms with van der Waals surface area (Å²) in [4.78, 5) is 14.2. The van der Waals surface area contributed by atoms with Gasteiger partial charge in [-0.05, 0) is 32.4 Å². The molecule has 0 saturated heterocycles. The summed E-state index contributed by atoms with van der Waals surface area (Å²) in [6.07, 6.45) is 1.56. The molecule has 2 rings (SSSR count). The number of nitrogens with zero attached hydrogens (tertiary/aromatic N) is 1. The van der Waals surface area contributed by atoms with Crippen molar-refractivity contribution in [2.75, 3.05) is 25.1 Å². The van der Waals surface area contributed by atoms with Gasteiger partial charge in [0.1, 0.15) is 6.04 Å². The Morgan fingerprint density at radius 3 is 2.83 bits per heavy atom. The number of aliphatic hydroxyl groups is 1. The molecule has 4 nitrogen and oxygen atoms in total. The predicted octanol–water partition coefficient (Wildman–Crippen LogP) is 1.37. The molecule has 2 N–H and O–H groups in total. The number of hydrogen-bond donors (Lipinski definition) is 2. The van der Waals surface area contributed by atoms with Crippen molar-refractivity contribution in [3.63, 3.8) is 0 Å². The summed E-state index contributed by atoms with van der Waals surface area (Å²) in [6.45, 7) is 2.89. The lowest BCUT2D eigenvalue weighted by molar-refractivity contribution is -0.119. The molecule has 0 fully saturated rings. The first-order valence-corrected chi connectivity index (χ1v) is 6.39. The Kier molecular flexibility index (Phi) is 3.99. The molecule has 1 heterocycles. The third kappa shape index (κ3) is 2.13. The highest BCUT2D eigenvalue weighted by Gasteiger charge is 2.36. The number of anilines is 1. The molecule has 0 spiro atoms. The minimum atomic E-state index is -0.228. The normalized spacial score (nSPS) is 18.3. The fourth-order valence-electron chi connectivity index (χ4n) is 2.57. The van der Waals surface area contributed by atoms with Crippen LogP contribution in [0.4, 0.5) is 5.69 Å². The van der Waals surface area contributed by atoms with E-state index in [1.807, 2.05) is 37.1 Å². The molecule has 0 aromatic heterocycles. The number of aliphatic hydroxyl groups excluding tert-OH is 1. The summed E-state index contributed by atoms with van der Waals surface area (Å²) >= 11 is 0. The standard InChI is InChI=1S/C14H20N2O2/c1-10-6-5-7-11-12(15-2)14(18)16(13(10)11)8-3-4-9-17/h5-7,12,15,17H,3-4,8-9H2,1-2H3. The van der Waals surface area contributed by atoms with Crippen LogP contribution >= 0.6 is 0 Å². The summed E-state index contributed by atoms with van der Waals surface area (Å²) in [5.74, 6) is 0.111. The fourth-order valence-corrected chi connectivity index (χ4v) is 2.57. The van der Waals surface area contributed by atoms with Crippen LogP contribution in [0.2, 0.25) is 0 Å². The third-order valence-electron chi connectivity index (χ3n) is 3.44. The lowest BCUT2D eigenvalue weighted by Gasteiger charge is -2.19. The summed E-state index contributed by atoms with van der Waals surface area (Å²) in [6, 6.07) is 5.80. The number of nitrogens with one attached hydrogen (secondary N) is 1. The Labute approximate surface area is 108 Å². The topological polar surface area (TPSA) is 52.6 Å². The van der Waals surface area contributed by atoms with E-state index < -0.39 is 0 Å². The molecule has 98 valence electrons. The van der Waals surface area contributed by atoms with Crippen LogP contribution in [0.1, 0.15) is 30.0 Å². The number of carbonyl (C=O) groups is 1. The van der Waals surface area contributed by atoms with E-state index in [0.29, 0.717) is 6.54 Å². The maximum Gasteiger partial charge on any atom is 0.248 e. The molecule has 18 heavy (non-hydrogen) atoms. The number of rotatable bonds is 5. The van der Waals surface area contributed by atoms with E-state index >= 15 is 0 Å². The molecule has 0 saturated carbocycles. The quantitative estimate of drug-likeness (QED) is 0.774. The Bertz CT molecular complexity index is 445. The first-order chi connectivity index (χ1) is 8.70. The number of amides is 1. The van der Waals surface area contributed by atoms with Crippen LogP contribution in [0.25, 0.3) is 0 Å². The van der Waals surface area contributed by atoms with Gasteiger partial charge in [-0.25, -0.2) is 0 Å². The lowest BCUT2D eigenvalue weighted by atomic mass is 10.1. The number of para-hydroxylation sites is 1. The van der Waals surface area contributed by atoms with E-state index in [2.05, 4.69) is 5.32 Å². The second kappa shape index (κ2) is 5.50. The summed E-state index contributed by atoms with van der Waals surface area (Å²) in [5.41, 5.74) is 3.23. The van der Waals surface area contributed by atoms with Crippen LogP contribution in [0, 0.1) is 6.92 Å². The van der Waals surface area contributed by atoms with Crippen LogP contribution in [-0.4, -0.2) is 31.2 Å². The molecule has 1 unspecified atom stereocenters. The highest BCUT2D eigenvalue weighted by molar-refractivity contribution is 6.05. The van der Waals surface area contributed by atoms with Gasteiger partial charge in [0.05, 0.1) is 5.69 Å². The molecule has 0 radical (unpaired) electrons. The second-order valence-corrected chi connectivity index (χ2v) is 4.66. The van der Waals surface area contributed by atoms with Gasteiger partial charge in [-0.2, -0.15) is 0 Å². The summed E-state index contributed by atoms with van der Waals surface area (Å²) in [5, 5.41) is 11.9. The molecule has 1 aromatic carbocycles. The van der Waals surface area contributed by atoms with Gasteiger partial charge in [-0.15, -0.1) is 0 Å². The van der Waals surface area contributed by atoms with Crippen molar-refractivity contribution in [2.45, 2.75) is 25.8 Å². The van der Waals surface area contributed by atoms with Crippen molar-refractivity contribution >= 4 is 11.6 Å². The lowest BCUT2D eigenvalue weighted by Crippen LogP contribution is -2.34. The van der Waals surface area contributed by atoms with Crippen LogP contribution < -0.4 is 10.2 Å². The fraction of sp³-hybridized carbons (Fsp3) is 0.500. The zero-order valence-corrected chi connectivity index (χ0v) is 10.9. The van der Waals surface area contributed by atoms with Crippen molar-refractivity contribution < 1.29 is 9.90 Å². The van der Waals surface area contributed by atoms with Crippen LogP contribution in [0.15, 0.2) is 18.2 Å². The summed E-state index contributed by atoms with van der Waals surface area (Å²) in [7, 11) is 1.81. The number of carbonyl (C=O) groups excluding carboxylic acids is 1. The molecule has 1 amide bonds. The number of likely N-dealkylation sites (N-methyl/N-ethyl adjacent to an activating group) is 1. The van der Waals surface area contributed by atoms with Gasteiger partial charge in [0.15, 0.2) is 0 Å². The van der Waals surface area contributed by atoms with Gasteiger partial charge in [-0.1, -0.05) is 18.2 Å². The van der Waals surface area contributed by atoms with Crippen molar-refractivity contribution in [1.29, 1.82) is 0 Å². The largest absolute Gasteiger partial charge is 0.396 e. The number of unbranched alkanes of at least 4 members (excludes halogenated alkanes) is 1. The van der Waals surface area contributed by atoms with Gasteiger partial charge in [0, 0.05) is 18.7 Å². The number of benzene rings is 1. The Morgan fingerprint density at radius 1 is 1.39 bits per heavy atom. The minimum absolute atomic E-state index is 0.111. The van der Waals surface area contributed by atoms with Gasteiger partial charge < -0.3 is 15.3 Å². The molecule has 1 aliphatic heterocycles. The maximum atomic E-state index is 12.3. The zero-order chi connectivity index (χ0) is 13.1. The van der Waals surface area contributed by atoms with Gasteiger partial charge >= 0.3 is 0 Å². The predicted molar refractivity (Wildman–Crippen MR) is 71.7 cm³/mol. The number of aryl methyl sites for hydroxylation is 1. The molecular formula is C14H20N2O2. The first-order valence-electron chi connectivity index (χ1n) is 6.39. The van der Waals surface area contributed by atoms with E-state index in [0.717, 1.165) is 29.7 Å². The van der Waals surface area contributed by atoms with Gasteiger partial charge in [-0.3, -0.25) is 4.79 Å². The smallest absolute Gasteiger partial charge is 0.248 e. The van der Waals surface area contributed by atoms with E-state index in [9.17, 15) is 4.79 Å². The molecule has 1 atom stereocenters. The Balaban J connectivity index is 2.29. The van der Waals surface area contributed by atoms with E-state index in [4.69, 9.17) is 5.11 Å². The van der Waals surface area contributed by atoms with Gasteiger partial charge in [0.2, 0.25) is 5.91 Å². The van der Waals surface area contributed by atoms with Crippen LogP contribution in [0.5, 0.6) is 0 Å². The third-order valence-corrected chi connectivity index (χ3v) is 3.44. The number of hydrogen-bond acceptors (Lipinski definition) is 3. The Morgan fingerprint density at radius 2 is 2.17 bits per heavy atom. The zero-order valence-electron chi connectivity index (χ0n) is 10.9. The average molecular weight is 248 g/mol. The van der Waals surface area contributed by atoms with Crippen molar-refractivity contribution in [2.24, 2.45) is 0 Å². The molecular weight excluding hydrogens is 228 g/mol. The SMILES string of the molecule is CNC1C(=O)N(CCCCO)c2c(C)cccc21. The molecule has 1 aliphatic rings. The monoisotopic (exact) mass is 248 g/mol. The van der Waals surface area contributed by atoms with Crippen molar-refractivity contribution in [3.05, 3.63) is 29.3 Å². The highest BCUT2D eigenvalue weighted by Crippen LogP contribution is 2.38. The van der Waals surface area contributed by atoms with Crippen molar-refractivity contribution in [3.8, 4) is 0 Å². The van der Waals surface area contributed by atoms with Crippen LogP contribution in [-0.2, 0) is 4.79 Å². The highest BCUT2D eigenvalue weighted by atomic mass is 16.3. The van der Waals surface area contributed by atoms with E-state index in [-0.39, 0.29) is 18.6 Å². The van der Waals surface area contributed by atoms with Crippen molar-refractivity contribution in [1.82, 2.24) is 5.32 Å². The average Bonchev–Trinajstić information content (AvgIpc) is 2.63. The molecule has 0 bridgehead atoms. The Hall–Kier alpha value is -1.39. The first kappa shape index (κ1) is 13.1. The van der Waals surface area contributed by atoms with E-state index in [1.165, 1.54) is 0 Å². The molecule has 0 aliphatic carbocycles. The number of fused-ring (bicyclic) bond motifs is 1. The molecule has 4 heteroatoms. The maximum absolute atomic E-state index is 12.3. The minimum Gasteiger partial charge on any atom is -0.396 e. The molecule has 1 aromatic rings. The second-order valence-electron chi connectivity index (χ2n) is 4.66. The summed E-state index contributed by atoms with van der Waals surface area (Å²) < 4.78 is 0. The van der Waals surface area contributed by atoms with E-state index in [1.54, 1.807) is 0 Å². The van der Waals surface area contributed by atoms with Crippen LogP contribution in [0.3, 0.4) is 0 Å². The van der Waals surface area contributed by atoms with Gasteiger partial charge in [0.25, 0.3) is 0 Å².